The molecule has 78 valence electrons. The van der Waals surface area contributed by atoms with Crippen molar-refractivity contribution in [2.75, 3.05) is 11.9 Å². The Kier molecular flexibility index (Phi) is 2.99. The first-order valence-electron chi connectivity index (χ1n) is 4.65. The van der Waals surface area contributed by atoms with Crippen LogP contribution in [0.3, 0.4) is 0 Å². The van der Waals surface area contributed by atoms with Crippen LogP contribution in [0.25, 0.3) is 0 Å². The van der Waals surface area contributed by atoms with E-state index in [0.29, 0.717) is 0 Å². The van der Waals surface area contributed by atoms with E-state index in [9.17, 15) is 0 Å². The van der Waals surface area contributed by atoms with Crippen LogP contribution >= 0.6 is 11.3 Å². The highest BCUT2D eigenvalue weighted by atomic mass is 32.1. The molecule has 0 fully saturated rings. The molecule has 2 aromatic rings. The average molecular weight is 220 g/mol. The molecule has 1 aromatic heterocycles. The molecule has 15 heavy (non-hydrogen) atoms. The summed E-state index contributed by atoms with van der Waals surface area (Å²) in [6.45, 7) is 0.0558. The van der Waals surface area contributed by atoms with E-state index in [1.165, 1.54) is 11.3 Å². The van der Waals surface area contributed by atoms with Gasteiger partial charge >= 0.3 is 0 Å². The number of aromatic nitrogens is 1. The van der Waals surface area contributed by atoms with Gasteiger partial charge in [0, 0.05) is 18.9 Å². The van der Waals surface area contributed by atoms with E-state index in [4.69, 9.17) is 5.11 Å². The highest BCUT2D eigenvalue weighted by Gasteiger charge is 2.07. The van der Waals surface area contributed by atoms with Gasteiger partial charge in [-0.1, -0.05) is 29.5 Å². The molecule has 1 aromatic carbocycles. The number of nitrogens with zero attached hydrogens (tertiary/aromatic N) is 2. The maximum Gasteiger partial charge on any atom is 0.189 e. The Morgan fingerprint density at radius 2 is 2.07 bits per heavy atom. The second-order valence-electron chi connectivity index (χ2n) is 3.16. The molecule has 0 amide bonds. The van der Waals surface area contributed by atoms with Crippen molar-refractivity contribution in [3.63, 3.8) is 0 Å². The molecular formula is C11H12N2OS. The van der Waals surface area contributed by atoms with Crippen molar-refractivity contribution in [2.45, 2.75) is 6.61 Å². The van der Waals surface area contributed by atoms with Crippen LogP contribution in [0.4, 0.5) is 10.8 Å². The summed E-state index contributed by atoms with van der Waals surface area (Å²) in [5.74, 6) is 0. The maximum absolute atomic E-state index is 8.96. The SMILES string of the molecule is CN(c1ccccc1)c1ncc(CO)s1. The van der Waals surface area contributed by atoms with Crippen LogP contribution in [-0.4, -0.2) is 17.1 Å². The van der Waals surface area contributed by atoms with E-state index >= 15 is 0 Å². The first-order valence-corrected chi connectivity index (χ1v) is 5.47. The van der Waals surface area contributed by atoms with Gasteiger partial charge in [-0.3, -0.25) is 0 Å². The molecule has 0 radical (unpaired) electrons. The van der Waals surface area contributed by atoms with Crippen LogP contribution in [0.2, 0.25) is 0 Å². The molecule has 4 heteroatoms. The summed E-state index contributed by atoms with van der Waals surface area (Å²) in [5, 5.41) is 9.85. The van der Waals surface area contributed by atoms with Crippen LogP contribution in [-0.2, 0) is 6.61 Å². The number of hydrogen-bond donors (Lipinski definition) is 1. The van der Waals surface area contributed by atoms with Crippen LogP contribution in [0.1, 0.15) is 4.88 Å². The first-order chi connectivity index (χ1) is 7.31. The lowest BCUT2D eigenvalue weighted by Crippen LogP contribution is -2.08. The number of para-hydroxylation sites is 1. The molecule has 0 atom stereocenters. The Morgan fingerprint density at radius 1 is 1.33 bits per heavy atom. The summed E-state index contributed by atoms with van der Waals surface area (Å²) in [5.41, 5.74) is 1.09. The number of anilines is 2. The zero-order valence-corrected chi connectivity index (χ0v) is 9.24. The molecule has 0 aliphatic rings. The molecule has 0 bridgehead atoms. The van der Waals surface area contributed by atoms with Gasteiger partial charge in [0.1, 0.15) is 0 Å². The van der Waals surface area contributed by atoms with E-state index in [-0.39, 0.29) is 6.61 Å². The summed E-state index contributed by atoms with van der Waals surface area (Å²) in [6, 6.07) is 10.0. The van der Waals surface area contributed by atoms with Crippen molar-refractivity contribution in [3.8, 4) is 0 Å². The third kappa shape index (κ3) is 2.16. The fraction of sp³-hybridized carbons (Fsp3) is 0.182. The van der Waals surface area contributed by atoms with Gasteiger partial charge < -0.3 is 10.0 Å². The maximum atomic E-state index is 8.96. The molecule has 0 saturated carbocycles. The standard InChI is InChI=1S/C11H12N2OS/c1-13(9-5-3-2-4-6-9)11-12-7-10(8-14)15-11/h2-7,14H,8H2,1H3. The van der Waals surface area contributed by atoms with Crippen molar-refractivity contribution < 1.29 is 5.11 Å². The van der Waals surface area contributed by atoms with Crippen LogP contribution in [0, 0.1) is 0 Å². The van der Waals surface area contributed by atoms with Gasteiger partial charge in [0.25, 0.3) is 0 Å². The van der Waals surface area contributed by atoms with Gasteiger partial charge in [-0.2, -0.15) is 0 Å². The number of aliphatic hydroxyl groups is 1. The summed E-state index contributed by atoms with van der Waals surface area (Å²) in [4.78, 5) is 7.13. The van der Waals surface area contributed by atoms with E-state index in [0.717, 1.165) is 15.7 Å². The minimum absolute atomic E-state index is 0.0558. The Bertz CT molecular complexity index is 427. The number of aliphatic hydroxyl groups excluding tert-OH is 1. The predicted octanol–water partition coefficient (Wildman–Crippen LogP) is 2.40. The Balaban J connectivity index is 2.24. The molecule has 0 saturated heterocycles. The fourth-order valence-electron chi connectivity index (χ4n) is 1.29. The zero-order chi connectivity index (χ0) is 10.7. The Labute approximate surface area is 92.6 Å². The largest absolute Gasteiger partial charge is 0.391 e. The second kappa shape index (κ2) is 4.42. The average Bonchev–Trinajstić information content (AvgIpc) is 2.78. The van der Waals surface area contributed by atoms with Gasteiger partial charge in [0.2, 0.25) is 0 Å². The highest BCUT2D eigenvalue weighted by Crippen LogP contribution is 2.27. The van der Waals surface area contributed by atoms with E-state index in [1.807, 2.05) is 42.3 Å². The molecule has 0 aliphatic heterocycles. The lowest BCUT2D eigenvalue weighted by molar-refractivity contribution is 0.285. The van der Waals surface area contributed by atoms with Crippen molar-refractivity contribution >= 4 is 22.2 Å². The number of hydrogen-bond acceptors (Lipinski definition) is 4. The zero-order valence-electron chi connectivity index (χ0n) is 8.42. The van der Waals surface area contributed by atoms with Gasteiger partial charge in [-0.25, -0.2) is 4.98 Å². The summed E-state index contributed by atoms with van der Waals surface area (Å²) in [6.07, 6.45) is 1.71. The van der Waals surface area contributed by atoms with Crippen LogP contribution in [0.15, 0.2) is 36.5 Å². The third-order valence-electron chi connectivity index (χ3n) is 2.13. The van der Waals surface area contributed by atoms with Crippen molar-refractivity contribution in [3.05, 3.63) is 41.4 Å². The van der Waals surface area contributed by atoms with Gasteiger partial charge in [-0.05, 0) is 12.1 Å². The molecule has 1 N–H and O–H groups in total. The first kappa shape index (κ1) is 10.1. The summed E-state index contributed by atoms with van der Waals surface area (Å²) < 4.78 is 0. The number of benzene rings is 1. The van der Waals surface area contributed by atoms with E-state index < -0.39 is 0 Å². The second-order valence-corrected chi connectivity index (χ2v) is 4.26. The molecule has 0 unspecified atom stereocenters. The lowest BCUT2D eigenvalue weighted by Gasteiger charge is -2.15. The minimum Gasteiger partial charge on any atom is -0.391 e. The molecule has 3 nitrogen and oxygen atoms in total. The smallest absolute Gasteiger partial charge is 0.189 e. The predicted molar refractivity (Wildman–Crippen MR) is 62.5 cm³/mol. The highest BCUT2D eigenvalue weighted by molar-refractivity contribution is 7.15. The van der Waals surface area contributed by atoms with Crippen molar-refractivity contribution in [1.29, 1.82) is 0 Å². The van der Waals surface area contributed by atoms with Crippen LogP contribution in [0.5, 0.6) is 0 Å². The Morgan fingerprint density at radius 3 is 2.67 bits per heavy atom. The fourth-order valence-corrected chi connectivity index (χ4v) is 2.04. The molecule has 1 heterocycles. The number of rotatable bonds is 3. The van der Waals surface area contributed by atoms with Gasteiger partial charge in [-0.15, -0.1) is 0 Å². The summed E-state index contributed by atoms with van der Waals surface area (Å²) in [7, 11) is 1.97. The van der Waals surface area contributed by atoms with E-state index in [2.05, 4.69) is 4.98 Å². The monoisotopic (exact) mass is 220 g/mol. The minimum atomic E-state index is 0.0558. The van der Waals surface area contributed by atoms with Crippen molar-refractivity contribution in [2.24, 2.45) is 0 Å². The third-order valence-corrected chi connectivity index (χ3v) is 3.19. The van der Waals surface area contributed by atoms with Crippen molar-refractivity contribution in [1.82, 2.24) is 4.98 Å². The van der Waals surface area contributed by atoms with E-state index in [1.54, 1.807) is 6.20 Å². The van der Waals surface area contributed by atoms with Crippen LogP contribution < -0.4 is 4.90 Å². The normalized spacial score (nSPS) is 10.3. The number of thiazole rings is 1. The lowest BCUT2D eigenvalue weighted by atomic mass is 10.3. The molecule has 0 spiro atoms. The topological polar surface area (TPSA) is 36.4 Å². The molecule has 0 aliphatic carbocycles. The van der Waals surface area contributed by atoms with Gasteiger partial charge in [0.05, 0.1) is 11.5 Å². The Hall–Kier alpha value is -1.39. The van der Waals surface area contributed by atoms with Gasteiger partial charge in [0.15, 0.2) is 5.13 Å². The molecular weight excluding hydrogens is 208 g/mol. The summed E-state index contributed by atoms with van der Waals surface area (Å²) >= 11 is 1.50. The quantitative estimate of drug-likeness (QED) is 0.863. The molecule has 2 rings (SSSR count).